The van der Waals surface area contributed by atoms with Crippen LogP contribution in [0.1, 0.15) is 39.0 Å². The summed E-state index contributed by atoms with van der Waals surface area (Å²) in [6.45, 7) is 2.09. The van der Waals surface area contributed by atoms with Crippen LogP contribution in [0.25, 0.3) is 0 Å². The molecule has 0 amide bonds. The highest BCUT2D eigenvalue weighted by Crippen LogP contribution is 2.28. The summed E-state index contributed by atoms with van der Waals surface area (Å²) in [4.78, 5) is 0. The van der Waals surface area contributed by atoms with Crippen LogP contribution in [0.2, 0.25) is 0 Å². The summed E-state index contributed by atoms with van der Waals surface area (Å²) in [5.41, 5.74) is 0. The lowest BCUT2D eigenvalue weighted by atomic mass is 9.86. The molecule has 0 aromatic carbocycles. The van der Waals surface area contributed by atoms with Crippen LogP contribution in [0.15, 0.2) is 0 Å². The van der Waals surface area contributed by atoms with Crippen molar-refractivity contribution in [1.29, 1.82) is 0 Å². The maximum Gasteiger partial charge on any atom is 0.103 e. The van der Waals surface area contributed by atoms with E-state index in [4.69, 9.17) is 0 Å². The third-order valence-corrected chi connectivity index (χ3v) is 2.34. The Labute approximate surface area is 56.5 Å². The Morgan fingerprint density at radius 1 is 1.33 bits per heavy atom. The molecule has 0 unspecified atom stereocenters. The Hall–Kier alpha value is -0.0700. The quantitative estimate of drug-likeness (QED) is 0.512. The van der Waals surface area contributed by atoms with Crippen LogP contribution in [0, 0.1) is 5.92 Å². The first-order valence-corrected chi connectivity index (χ1v) is 3.98. The van der Waals surface area contributed by atoms with Gasteiger partial charge in [-0.2, -0.15) is 0 Å². The molecule has 54 valence electrons. The Bertz CT molecular complexity index is 80.6. The van der Waals surface area contributed by atoms with Gasteiger partial charge in [0.1, 0.15) is 6.17 Å². The lowest BCUT2D eigenvalue weighted by Gasteiger charge is -2.23. The monoisotopic (exact) mass is 130 g/mol. The average Bonchev–Trinajstić information content (AvgIpc) is 1.89. The van der Waals surface area contributed by atoms with Crippen molar-refractivity contribution in [2.75, 3.05) is 0 Å². The van der Waals surface area contributed by atoms with Gasteiger partial charge in [-0.05, 0) is 18.8 Å². The summed E-state index contributed by atoms with van der Waals surface area (Å²) < 4.78 is 12.8. The predicted octanol–water partition coefficient (Wildman–Crippen LogP) is 2.92. The molecule has 0 aliphatic heterocycles. The zero-order chi connectivity index (χ0) is 6.69. The fourth-order valence-corrected chi connectivity index (χ4v) is 1.62. The molecule has 0 spiro atoms. The molecule has 2 atom stereocenters. The SMILES string of the molecule is CC[C@@H]1CCCC[C@H]1F. The highest BCUT2D eigenvalue weighted by atomic mass is 19.1. The summed E-state index contributed by atoms with van der Waals surface area (Å²) in [6, 6.07) is 0. The van der Waals surface area contributed by atoms with Crippen LogP contribution < -0.4 is 0 Å². The van der Waals surface area contributed by atoms with Crippen LogP contribution in [0.3, 0.4) is 0 Å². The largest absolute Gasteiger partial charge is 0.247 e. The topological polar surface area (TPSA) is 0 Å². The molecule has 0 aromatic rings. The molecule has 0 aromatic heterocycles. The Balaban J connectivity index is 2.30. The normalized spacial score (nSPS) is 36.7. The molecule has 0 bridgehead atoms. The number of rotatable bonds is 1. The molecule has 0 N–H and O–H groups in total. The van der Waals surface area contributed by atoms with E-state index in [1.54, 1.807) is 0 Å². The molecule has 0 nitrogen and oxygen atoms in total. The minimum absolute atomic E-state index is 0.388. The maximum absolute atomic E-state index is 12.8. The average molecular weight is 130 g/mol. The molecule has 1 heteroatoms. The van der Waals surface area contributed by atoms with Crippen molar-refractivity contribution in [2.24, 2.45) is 5.92 Å². The molecule has 1 aliphatic carbocycles. The first-order chi connectivity index (χ1) is 4.34. The van der Waals surface area contributed by atoms with Gasteiger partial charge in [-0.1, -0.05) is 26.2 Å². The number of alkyl halides is 1. The summed E-state index contributed by atoms with van der Waals surface area (Å²) in [7, 11) is 0. The van der Waals surface area contributed by atoms with Crippen molar-refractivity contribution >= 4 is 0 Å². The van der Waals surface area contributed by atoms with Gasteiger partial charge in [-0.3, -0.25) is 0 Å². The van der Waals surface area contributed by atoms with Crippen molar-refractivity contribution in [3.8, 4) is 0 Å². The first-order valence-electron chi connectivity index (χ1n) is 3.98. The molecule has 0 radical (unpaired) electrons. The van der Waals surface area contributed by atoms with E-state index in [0.29, 0.717) is 5.92 Å². The molecular formula is C8H15F. The minimum atomic E-state index is -0.483. The standard InChI is InChI=1S/C8H15F/c1-2-7-5-3-4-6-8(7)9/h7-8H,2-6H2,1H3/t7-,8-/m1/s1. The molecule has 1 aliphatic rings. The summed E-state index contributed by atoms with van der Waals surface area (Å²) in [6.07, 6.45) is 4.84. The van der Waals surface area contributed by atoms with Gasteiger partial charge in [0.25, 0.3) is 0 Å². The zero-order valence-electron chi connectivity index (χ0n) is 6.07. The second kappa shape index (κ2) is 3.19. The van der Waals surface area contributed by atoms with Crippen molar-refractivity contribution in [2.45, 2.75) is 45.2 Å². The van der Waals surface area contributed by atoms with Gasteiger partial charge in [0.15, 0.2) is 0 Å². The Morgan fingerprint density at radius 3 is 2.44 bits per heavy atom. The Morgan fingerprint density at radius 2 is 2.00 bits per heavy atom. The fourth-order valence-electron chi connectivity index (χ4n) is 1.62. The van der Waals surface area contributed by atoms with Crippen molar-refractivity contribution in [1.82, 2.24) is 0 Å². The fraction of sp³-hybridized carbons (Fsp3) is 1.00. The van der Waals surface area contributed by atoms with E-state index in [1.807, 2.05) is 0 Å². The number of halogens is 1. The smallest absolute Gasteiger partial charge is 0.103 e. The summed E-state index contributed by atoms with van der Waals surface area (Å²) in [5, 5.41) is 0. The molecule has 0 heterocycles. The summed E-state index contributed by atoms with van der Waals surface area (Å²) in [5.74, 6) is 0.388. The maximum atomic E-state index is 12.8. The molecular weight excluding hydrogens is 115 g/mol. The van der Waals surface area contributed by atoms with E-state index in [1.165, 1.54) is 6.42 Å². The first kappa shape index (κ1) is 7.04. The lowest BCUT2D eigenvalue weighted by Crippen LogP contribution is -2.19. The van der Waals surface area contributed by atoms with E-state index in [2.05, 4.69) is 6.92 Å². The van der Waals surface area contributed by atoms with Gasteiger partial charge < -0.3 is 0 Å². The second-order valence-corrected chi connectivity index (χ2v) is 2.97. The van der Waals surface area contributed by atoms with Gasteiger partial charge in [-0.25, -0.2) is 4.39 Å². The van der Waals surface area contributed by atoms with Gasteiger partial charge in [0.2, 0.25) is 0 Å². The molecule has 1 fully saturated rings. The van der Waals surface area contributed by atoms with Crippen LogP contribution in [-0.4, -0.2) is 6.17 Å². The van der Waals surface area contributed by atoms with Crippen LogP contribution in [0.4, 0.5) is 4.39 Å². The van der Waals surface area contributed by atoms with E-state index in [-0.39, 0.29) is 0 Å². The molecule has 0 saturated heterocycles. The lowest BCUT2D eigenvalue weighted by molar-refractivity contribution is 0.162. The third-order valence-electron chi connectivity index (χ3n) is 2.34. The van der Waals surface area contributed by atoms with Gasteiger partial charge in [0, 0.05) is 0 Å². The van der Waals surface area contributed by atoms with Crippen LogP contribution >= 0.6 is 0 Å². The third kappa shape index (κ3) is 1.67. The number of hydrogen-bond donors (Lipinski definition) is 0. The van der Waals surface area contributed by atoms with E-state index >= 15 is 0 Å². The summed E-state index contributed by atoms with van der Waals surface area (Å²) >= 11 is 0. The molecule has 9 heavy (non-hydrogen) atoms. The van der Waals surface area contributed by atoms with Gasteiger partial charge in [-0.15, -0.1) is 0 Å². The van der Waals surface area contributed by atoms with E-state index < -0.39 is 6.17 Å². The van der Waals surface area contributed by atoms with Crippen molar-refractivity contribution in [3.05, 3.63) is 0 Å². The van der Waals surface area contributed by atoms with Crippen molar-refractivity contribution < 1.29 is 4.39 Å². The predicted molar refractivity (Wildman–Crippen MR) is 37.1 cm³/mol. The highest BCUT2D eigenvalue weighted by molar-refractivity contribution is 4.72. The zero-order valence-corrected chi connectivity index (χ0v) is 6.07. The second-order valence-electron chi connectivity index (χ2n) is 2.97. The minimum Gasteiger partial charge on any atom is -0.247 e. The van der Waals surface area contributed by atoms with Crippen LogP contribution in [-0.2, 0) is 0 Å². The van der Waals surface area contributed by atoms with Gasteiger partial charge >= 0.3 is 0 Å². The Kier molecular flexibility index (Phi) is 2.49. The molecule has 1 rings (SSSR count). The highest BCUT2D eigenvalue weighted by Gasteiger charge is 2.22. The number of hydrogen-bond acceptors (Lipinski definition) is 0. The van der Waals surface area contributed by atoms with E-state index in [9.17, 15) is 4.39 Å². The molecule has 1 saturated carbocycles. The van der Waals surface area contributed by atoms with E-state index in [0.717, 1.165) is 25.7 Å². The van der Waals surface area contributed by atoms with Crippen LogP contribution in [0.5, 0.6) is 0 Å². The van der Waals surface area contributed by atoms with Crippen molar-refractivity contribution in [3.63, 3.8) is 0 Å². The van der Waals surface area contributed by atoms with Gasteiger partial charge in [0.05, 0.1) is 0 Å².